The fraction of sp³-hybridized carbons (Fsp3) is 0.250. The van der Waals surface area contributed by atoms with Gasteiger partial charge in [-0.3, -0.25) is 10.1 Å². The second-order valence-corrected chi connectivity index (χ2v) is 2.98. The second kappa shape index (κ2) is 4.26. The quantitative estimate of drug-likeness (QED) is 0.616. The van der Waals surface area contributed by atoms with Crippen LogP contribution in [0, 0.1) is 10.1 Å². The third kappa shape index (κ3) is 1.94. The molecular formula is C8H9ClN2O3. The number of nitrogens with two attached hydrogens (primary N) is 1. The smallest absolute Gasteiger partial charge is 0.277 e. The maximum Gasteiger partial charge on any atom is 0.277 e. The summed E-state index contributed by atoms with van der Waals surface area (Å²) in [6.45, 7) is 0.0695. The lowest BCUT2D eigenvalue weighted by atomic mass is 10.1. The zero-order chi connectivity index (χ0) is 10.7. The maximum atomic E-state index is 10.6. The Morgan fingerprint density at radius 3 is 2.71 bits per heavy atom. The van der Waals surface area contributed by atoms with Crippen LogP contribution in [-0.2, 0) is 6.54 Å². The Bertz CT molecular complexity index is 368. The monoisotopic (exact) mass is 216 g/mol. The van der Waals surface area contributed by atoms with Crippen molar-refractivity contribution < 1.29 is 9.66 Å². The number of nitrogens with zero attached hydrogens (tertiary/aromatic N) is 1. The molecule has 1 aromatic rings. The van der Waals surface area contributed by atoms with Crippen LogP contribution >= 0.6 is 11.6 Å². The summed E-state index contributed by atoms with van der Waals surface area (Å²) >= 11 is 5.78. The Labute approximate surface area is 85.6 Å². The van der Waals surface area contributed by atoms with Crippen molar-refractivity contribution in [2.45, 2.75) is 6.54 Å². The highest BCUT2D eigenvalue weighted by atomic mass is 35.5. The molecule has 1 rings (SSSR count). The number of ether oxygens (including phenoxy) is 1. The molecule has 0 saturated carbocycles. The van der Waals surface area contributed by atoms with Gasteiger partial charge in [-0.15, -0.1) is 0 Å². The topological polar surface area (TPSA) is 78.4 Å². The summed E-state index contributed by atoms with van der Waals surface area (Å²) < 4.78 is 4.86. The third-order valence-corrected chi connectivity index (χ3v) is 2.07. The molecule has 0 aliphatic carbocycles. The summed E-state index contributed by atoms with van der Waals surface area (Å²) in [6.07, 6.45) is 0. The molecule has 0 aliphatic rings. The molecule has 0 bridgehead atoms. The molecule has 0 saturated heterocycles. The molecule has 6 heteroatoms. The van der Waals surface area contributed by atoms with E-state index < -0.39 is 4.92 Å². The van der Waals surface area contributed by atoms with Crippen molar-refractivity contribution >= 4 is 17.3 Å². The number of rotatable bonds is 3. The van der Waals surface area contributed by atoms with Gasteiger partial charge in [-0.2, -0.15) is 0 Å². The molecule has 14 heavy (non-hydrogen) atoms. The molecule has 0 radical (unpaired) electrons. The zero-order valence-corrected chi connectivity index (χ0v) is 8.25. The first kappa shape index (κ1) is 10.7. The van der Waals surface area contributed by atoms with Crippen LogP contribution in [0.5, 0.6) is 5.75 Å². The van der Waals surface area contributed by atoms with Crippen molar-refractivity contribution in [2.24, 2.45) is 5.73 Å². The lowest BCUT2D eigenvalue weighted by Gasteiger charge is -2.05. The van der Waals surface area contributed by atoms with E-state index in [9.17, 15) is 10.1 Å². The van der Waals surface area contributed by atoms with Crippen LogP contribution in [0.1, 0.15) is 5.56 Å². The van der Waals surface area contributed by atoms with Gasteiger partial charge in [0.05, 0.1) is 23.1 Å². The van der Waals surface area contributed by atoms with Gasteiger partial charge < -0.3 is 10.5 Å². The third-order valence-electron chi connectivity index (χ3n) is 1.77. The Kier molecular flexibility index (Phi) is 3.27. The van der Waals surface area contributed by atoms with E-state index in [1.807, 2.05) is 0 Å². The molecule has 0 atom stereocenters. The highest BCUT2D eigenvalue weighted by Crippen LogP contribution is 2.31. The molecule has 5 nitrogen and oxygen atoms in total. The average molecular weight is 217 g/mol. The number of hydrogen-bond acceptors (Lipinski definition) is 4. The van der Waals surface area contributed by atoms with Crippen molar-refractivity contribution in [3.63, 3.8) is 0 Å². The second-order valence-electron chi connectivity index (χ2n) is 2.58. The molecule has 0 heterocycles. The summed E-state index contributed by atoms with van der Waals surface area (Å²) in [4.78, 5) is 10.1. The van der Waals surface area contributed by atoms with Gasteiger partial charge in [0, 0.05) is 12.1 Å². The van der Waals surface area contributed by atoms with Gasteiger partial charge in [0.2, 0.25) is 0 Å². The number of nitro benzene ring substituents is 1. The molecule has 76 valence electrons. The van der Waals surface area contributed by atoms with E-state index in [1.54, 1.807) is 0 Å². The van der Waals surface area contributed by atoms with E-state index >= 15 is 0 Å². The van der Waals surface area contributed by atoms with E-state index in [4.69, 9.17) is 22.1 Å². The number of methoxy groups -OCH3 is 1. The summed E-state index contributed by atoms with van der Waals surface area (Å²) in [6, 6.07) is 2.71. The highest BCUT2D eigenvalue weighted by Gasteiger charge is 2.16. The SMILES string of the molecule is COc1cc([N+](=O)[O-])c(CN)cc1Cl. The Morgan fingerprint density at radius 1 is 1.64 bits per heavy atom. The van der Waals surface area contributed by atoms with Crippen LogP contribution in [0.15, 0.2) is 12.1 Å². The minimum atomic E-state index is -0.513. The van der Waals surface area contributed by atoms with Crippen molar-refractivity contribution in [3.8, 4) is 5.75 Å². The van der Waals surface area contributed by atoms with Crippen molar-refractivity contribution in [1.82, 2.24) is 0 Å². The normalized spacial score (nSPS) is 9.93. The number of nitro groups is 1. The molecule has 2 N–H and O–H groups in total. The lowest BCUT2D eigenvalue weighted by molar-refractivity contribution is -0.385. The Hall–Kier alpha value is -1.33. The summed E-state index contributed by atoms with van der Waals surface area (Å²) in [5, 5.41) is 10.9. The van der Waals surface area contributed by atoms with Gasteiger partial charge in [-0.25, -0.2) is 0 Å². The molecule has 0 spiro atoms. The number of hydrogen-bond donors (Lipinski definition) is 1. The van der Waals surface area contributed by atoms with Crippen LogP contribution in [-0.4, -0.2) is 12.0 Å². The molecule has 0 fully saturated rings. The zero-order valence-electron chi connectivity index (χ0n) is 7.49. The van der Waals surface area contributed by atoms with Crippen LogP contribution in [0.2, 0.25) is 5.02 Å². The minimum absolute atomic E-state index is 0.0695. The molecule has 0 aromatic heterocycles. The van der Waals surface area contributed by atoms with Gasteiger partial charge in [-0.05, 0) is 6.07 Å². The van der Waals surface area contributed by atoms with Crippen LogP contribution < -0.4 is 10.5 Å². The van der Waals surface area contributed by atoms with E-state index in [0.717, 1.165) is 0 Å². The van der Waals surface area contributed by atoms with E-state index in [2.05, 4.69) is 0 Å². The Morgan fingerprint density at radius 2 is 2.29 bits per heavy atom. The van der Waals surface area contributed by atoms with Crippen molar-refractivity contribution in [2.75, 3.05) is 7.11 Å². The standard InChI is InChI=1S/C8H9ClN2O3/c1-14-8-3-7(11(12)13)5(4-10)2-6(8)9/h2-3H,4,10H2,1H3. The summed E-state index contributed by atoms with van der Waals surface area (Å²) in [7, 11) is 1.40. The first-order valence-corrected chi connectivity index (χ1v) is 4.18. The molecular weight excluding hydrogens is 208 g/mol. The van der Waals surface area contributed by atoms with E-state index in [1.165, 1.54) is 19.2 Å². The highest BCUT2D eigenvalue weighted by molar-refractivity contribution is 6.32. The van der Waals surface area contributed by atoms with Crippen molar-refractivity contribution in [3.05, 3.63) is 32.8 Å². The lowest BCUT2D eigenvalue weighted by Crippen LogP contribution is -2.02. The summed E-state index contributed by atoms with van der Waals surface area (Å²) in [5.74, 6) is 0.274. The number of benzene rings is 1. The predicted octanol–water partition coefficient (Wildman–Crippen LogP) is 1.72. The van der Waals surface area contributed by atoms with Gasteiger partial charge in [-0.1, -0.05) is 11.6 Å². The van der Waals surface area contributed by atoms with Crippen molar-refractivity contribution in [1.29, 1.82) is 0 Å². The van der Waals surface area contributed by atoms with E-state index in [-0.39, 0.29) is 18.0 Å². The van der Waals surface area contributed by atoms with E-state index in [0.29, 0.717) is 10.6 Å². The van der Waals surface area contributed by atoms with Gasteiger partial charge in [0.1, 0.15) is 5.75 Å². The van der Waals surface area contributed by atoms with Crippen LogP contribution in [0.25, 0.3) is 0 Å². The molecule has 0 aliphatic heterocycles. The molecule has 0 amide bonds. The van der Waals surface area contributed by atoms with Gasteiger partial charge in [0.15, 0.2) is 0 Å². The van der Waals surface area contributed by atoms with Crippen LogP contribution in [0.3, 0.4) is 0 Å². The largest absolute Gasteiger partial charge is 0.495 e. The van der Waals surface area contributed by atoms with Crippen LogP contribution in [0.4, 0.5) is 5.69 Å². The van der Waals surface area contributed by atoms with Gasteiger partial charge >= 0.3 is 0 Å². The van der Waals surface area contributed by atoms with Gasteiger partial charge in [0.25, 0.3) is 5.69 Å². The number of halogens is 1. The minimum Gasteiger partial charge on any atom is -0.495 e. The first-order valence-electron chi connectivity index (χ1n) is 3.81. The average Bonchev–Trinajstić information content (AvgIpc) is 2.16. The molecule has 0 unspecified atom stereocenters. The fourth-order valence-electron chi connectivity index (χ4n) is 1.07. The maximum absolute atomic E-state index is 10.6. The predicted molar refractivity (Wildman–Crippen MR) is 52.5 cm³/mol. The first-order chi connectivity index (χ1) is 6.60. The fourth-order valence-corrected chi connectivity index (χ4v) is 1.34. The molecule has 1 aromatic carbocycles. The summed E-state index contributed by atoms with van der Waals surface area (Å²) in [5.41, 5.74) is 5.66. The Balaban J connectivity index is 3.32.